The number of hydrogen-bond donors (Lipinski definition) is 2. The molecular formula is C15H19ClN2O3. The summed E-state index contributed by atoms with van der Waals surface area (Å²) in [5, 5.41) is 12.4. The molecule has 0 bridgehead atoms. The van der Waals surface area contributed by atoms with Crippen molar-refractivity contribution in [3.8, 4) is 0 Å². The fourth-order valence-corrected chi connectivity index (χ4v) is 2.51. The predicted molar refractivity (Wildman–Crippen MR) is 81.2 cm³/mol. The number of benzene rings is 1. The molecule has 5 nitrogen and oxygen atoms in total. The second-order valence-corrected chi connectivity index (χ2v) is 5.54. The van der Waals surface area contributed by atoms with Crippen molar-refractivity contribution < 1.29 is 14.7 Å². The zero-order valence-corrected chi connectivity index (χ0v) is 12.6. The SMILES string of the molecule is CCC(CO)NC(=O)C1CCN(c2ccc(Cl)cc2)C1=O. The zero-order valence-electron chi connectivity index (χ0n) is 11.9. The highest BCUT2D eigenvalue weighted by Crippen LogP contribution is 2.26. The summed E-state index contributed by atoms with van der Waals surface area (Å²) in [6.07, 6.45) is 1.11. The molecule has 0 spiro atoms. The van der Waals surface area contributed by atoms with Crippen LogP contribution in [-0.4, -0.2) is 36.1 Å². The third kappa shape index (κ3) is 3.54. The Hall–Kier alpha value is -1.59. The largest absolute Gasteiger partial charge is 0.394 e. The van der Waals surface area contributed by atoms with Crippen LogP contribution in [0.4, 0.5) is 5.69 Å². The van der Waals surface area contributed by atoms with Gasteiger partial charge in [-0.2, -0.15) is 0 Å². The number of halogens is 1. The molecular weight excluding hydrogens is 292 g/mol. The normalized spacial score (nSPS) is 19.7. The number of nitrogens with zero attached hydrogens (tertiary/aromatic N) is 1. The van der Waals surface area contributed by atoms with E-state index in [1.54, 1.807) is 29.2 Å². The van der Waals surface area contributed by atoms with Crippen LogP contribution >= 0.6 is 11.6 Å². The number of aliphatic hydroxyl groups is 1. The van der Waals surface area contributed by atoms with E-state index in [4.69, 9.17) is 16.7 Å². The number of nitrogens with one attached hydrogen (secondary N) is 1. The molecule has 1 fully saturated rings. The Morgan fingerprint density at radius 3 is 2.71 bits per heavy atom. The highest BCUT2D eigenvalue weighted by atomic mass is 35.5. The van der Waals surface area contributed by atoms with Gasteiger partial charge in [0.1, 0.15) is 5.92 Å². The van der Waals surface area contributed by atoms with Crippen molar-refractivity contribution in [1.82, 2.24) is 5.32 Å². The molecule has 0 aromatic heterocycles. The van der Waals surface area contributed by atoms with Gasteiger partial charge in [0.05, 0.1) is 12.6 Å². The summed E-state index contributed by atoms with van der Waals surface area (Å²) >= 11 is 5.83. The van der Waals surface area contributed by atoms with Crippen LogP contribution < -0.4 is 10.2 Å². The minimum atomic E-state index is -0.679. The monoisotopic (exact) mass is 310 g/mol. The Morgan fingerprint density at radius 1 is 1.48 bits per heavy atom. The first kappa shape index (κ1) is 15.8. The minimum Gasteiger partial charge on any atom is -0.394 e. The molecule has 1 aliphatic heterocycles. The zero-order chi connectivity index (χ0) is 15.4. The minimum absolute atomic E-state index is 0.121. The van der Waals surface area contributed by atoms with Crippen LogP contribution in [0.3, 0.4) is 0 Å². The van der Waals surface area contributed by atoms with E-state index in [1.807, 2.05) is 6.92 Å². The summed E-state index contributed by atoms with van der Waals surface area (Å²) in [4.78, 5) is 26.1. The van der Waals surface area contributed by atoms with Crippen LogP contribution in [0.1, 0.15) is 19.8 Å². The summed E-state index contributed by atoms with van der Waals surface area (Å²) < 4.78 is 0. The molecule has 114 valence electrons. The molecule has 1 aromatic rings. The number of anilines is 1. The maximum Gasteiger partial charge on any atom is 0.239 e. The lowest BCUT2D eigenvalue weighted by molar-refractivity contribution is -0.132. The van der Waals surface area contributed by atoms with Crippen molar-refractivity contribution in [2.75, 3.05) is 18.1 Å². The van der Waals surface area contributed by atoms with Crippen LogP contribution in [0.2, 0.25) is 5.02 Å². The second kappa shape index (κ2) is 6.91. The first-order valence-electron chi connectivity index (χ1n) is 7.05. The smallest absolute Gasteiger partial charge is 0.239 e. The number of hydrogen-bond acceptors (Lipinski definition) is 3. The van der Waals surface area contributed by atoms with E-state index in [-0.39, 0.29) is 24.5 Å². The summed E-state index contributed by atoms with van der Waals surface area (Å²) in [5.74, 6) is -1.19. The van der Waals surface area contributed by atoms with E-state index < -0.39 is 5.92 Å². The van der Waals surface area contributed by atoms with Gasteiger partial charge >= 0.3 is 0 Å². The molecule has 0 aliphatic carbocycles. The number of carbonyl (C=O) groups excluding carboxylic acids is 2. The van der Waals surface area contributed by atoms with Crippen LogP contribution in [0.25, 0.3) is 0 Å². The quantitative estimate of drug-likeness (QED) is 0.811. The van der Waals surface area contributed by atoms with Crippen molar-refractivity contribution in [3.05, 3.63) is 29.3 Å². The van der Waals surface area contributed by atoms with E-state index in [0.29, 0.717) is 24.4 Å². The van der Waals surface area contributed by atoms with Crippen LogP contribution in [0, 0.1) is 5.92 Å². The molecule has 1 aromatic carbocycles. The number of carbonyl (C=O) groups is 2. The van der Waals surface area contributed by atoms with E-state index in [9.17, 15) is 9.59 Å². The van der Waals surface area contributed by atoms with E-state index in [1.165, 1.54) is 0 Å². The van der Waals surface area contributed by atoms with Crippen molar-refractivity contribution >= 4 is 29.1 Å². The Morgan fingerprint density at radius 2 is 2.14 bits per heavy atom. The maximum atomic E-state index is 12.4. The molecule has 1 heterocycles. The Bertz CT molecular complexity index is 514. The molecule has 21 heavy (non-hydrogen) atoms. The second-order valence-electron chi connectivity index (χ2n) is 5.10. The number of amides is 2. The Balaban J connectivity index is 2.04. The van der Waals surface area contributed by atoms with Gasteiger partial charge < -0.3 is 15.3 Å². The van der Waals surface area contributed by atoms with Gasteiger partial charge in [-0.25, -0.2) is 0 Å². The third-order valence-corrected chi connectivity index (χ3v) is 3.97. The molecule has 2 unspecified atom stereocenters. The summed E-state index contributed by atoms with van der Waals surface area (Å²) in [5.41, 5.74) is 0.744. The third-order valence-electron chi connectivity index (χ3n) is 3.72. The molecule has 0 radical (unpaired) electrons. The van der Waals surface area contributed by atoms with Crippen LogP contribution in [0.15, 0.2) is 24.3 Å². The predicted octanol–water partition coefficient (Wildman–Crippen LogP) is 1.58. The average molecular weight is 311 g/mol. The van der Waals surface area contributed by atoms with Crippen LogP contribution in [0.5, 0.6) is 0 Å². The lowest BCUT2D eigenvalue weighted by Gasteiger charge is -2.18. The van der Waals surface area contributed by atoms with E-state index >= 15 is 0 Å². The van der Waals surface area contributed by atoms with Crippen LogP contribution in [-0.2, 0) is 9.59 Å². The molecule has 2 atom stereocenters. The standard InChI is InChI=1S/C15H19ClN2O3/c1-2-11(9-19)17-14(20)13-7-8-18(15(13)21)12-5-3-10(16)4-6-12/h3-6,11,13,19H,2,7-9H2,1H3,(H,17,20). The van der Waals surface area contributed by atoms with Gasteiger partial charge in [-0.3, -0.25) is 9.59 Å². The maximum absolute atomic E-state index is 12.4. The highest BCUT2D eigenvalue weighted by Gasteiger charge is 2.37. The van der Waals surface area contributed by atoms with Gasteiger partial charge in [-0.05, 0) is 37.1 Å². The lowest BCUT2D eigenvalue weighted by Crippen LogP contribution is -2.43. The fraction of sp³-hybridized carbons (Fsp3) is 0.467. The van der Waals surface area contributed by atoms with Gasteiger partial charge in [0.2, 0.25) is 11.8 Å². The van der Waals surface area contributed by atoms with Crippen molar-refractivity contribution in [2.24, 2.45) is 5.92 Å². The van der Waals surface area contributed by atoms with Crippen molar-refractivity contribution in [3.63, 3.8) is 0 Å². The first-order chi connectivity index (χ1) is 10.1. The Kier molecular flexibility index (Phi) is 5.20. The van der Waals surface area contributed by atoms with E-state index in [0.717, 1.165) is 5.69 Å². The lowest BCUT2D eigenvalue weighted by atomic mass is 10.1. The highest BCUT2D eigenvalue weighted by molar-refractivity contribution is 6.30. The first-order valence-corrected chi connectivity index (χ1v) is 7.42. The van der Waals surface area contributed by atoms with Crippen molar-refractivity contribution in [2.45, 2.75) is 25.8 Å². The number of rotatable bonds is 5. The molecule has 6 heteroatoms. The topological polar surface area (TPSA) is 69.6 Å². The Labute approximate surface area is 128 Å². The van der Waals surface area contributed by atoms with Crippen molar-refractivity contribution in [1.29, 1.82) is 0 Å². The molecule has 1 aliphatic rings. The molecule has 2 N–H and O–H groups in total. The van der Waals surface area contributed by atoms with Gasteiger partial charge in [-0.15, -0.1) is 0 Å². The molecule has 2 amide bonds. The molecule has 0 saturated carbocycles. The average Bonchev–Trinajstić information content (AvgIpc) is 2.87. The van der Waals surface area contributed by atoms with Gasteiger partial charge in [0.25, 0.3) is 0 Å². The molecule has 2 rings (SSSR count). The van der Waals surface area contributed by atoms with Gasteiger partial charge in [-0.1, -0.05) is 18.5 Å². The van der Waals surface area contributed by atoms with E-state index in [2.05, 4.69) is 5.32 Å². The fourth-order valence-electron chi connectivity index (χ4n) is 2.38. The van der Waals surface area contributed by atoms with Gasteiger partial charge in [0.15, 0.2) is 0 Å². The molecule has 1 saturated heterocycles. The summed E-state index contributed by atoms with van der Waals surface area (Å²) in [6, 6.07) is 6.67. The van der Waals surface area contributed by atoms with Gasteiger partial charge in [0, 0.05) is 17.3 Å². The number of aliphatic hydroxyl groups excluding tert-OH is 1. The summed E-state index contributed by atoms with van der Waals surface area (Å²) in [7, 11) is 0. The summed E-state index contributed by atoms with van der Waals surface area (Å²) in [6.45, 7) is 2.26.